The van der Waals surface area contributed by atoms with Crippen LogP contribution in [0.3, 0.4) is 0 Å². The molecule has 2 amide bonds. The third kappa shape index (κ3) is 6.20. The van der Waals surface area contributed by atoms with Crippen LogP contribution in [0.1, 0.15) is 61.3 Å². The van der Waals surface area contributed by atoms with E-state index < -0.39 is 35.6 Å². The summed E-state index contributed by atoms with van der Waals surface area (Å²) < 4.78 is 32.7. The van der Waals surface area contributed by atoms with Crippen molar-refractivity contribution in [3.63, 3.8) is 0 Å². The number of likely N-dealkylation sites (tertiary alicyclic amines) is 1. The smallest absolute Gasteiger partial charge is 0.273 e. The lowest BCUT2D eigenvalue weighted by Crippen LogP contribution is -2.59. The number of nitrogens with one attached hydrogen (secondary N) is 2. The van der Waals surface area contributed by atoms with Crippen LogP contribution in [0, 0.1) is 17.6 Å². The average molecular weight is 554 g/mol. The summed E-state index contributed by atoms with van der Waals surface area (Å²) in [4.78, 5) is 33.2. The minimum atomic E-state index is -0.834. The number of amides is 2. The van der Waals surface area contributed by atoms with Crippen molar-refractivity contribution in [2.75, 3.05) is 13.1 Å². The standard InChI is InChI=1S/C29H33F2N5O4/c1-17(22-6-4-5-12-32-22)33-28(38)20-16-36(25-7-2-3-8-26(25)37)13-11-23(20)34-29(39)24-15-27(40-35-24)19-10-9-18(30)14-21(19)31/h4-6,9-10,12,14-15,17,20,23,25-26,37H,2-3,7-8,11,13,16H2,1H3,(H,33,38)(H,34,39)/t17-,20-,23-,25-,26+/m1/s1. The van der Waals surface area contributed by atoms with Crippen LogP contribution in [0.5, 0.6) is 0 Å². The second kappa shape index (κ2) is 12.2. The quantitative estimate of drug-likeness (QED) is 0.409. The summed E-state index contributed by atoms with van der Waals surface area (Å²) in [5.74, 6) is -2.97. The summed E-state index contributed by atoms with van der Waals surface area (Å²) in [5, 5.41) is 20.4. The topological polar surface area (TPSA) is 121 Å². The van der Waals surface area contributed by atoms with E-state index in [4.69, 9.17) is 4.52 Å². The Balaban J connectivity index is 1.32. The van der Waals surface area contributed by atoms with Crippen LogP contribution in [0.4, 0.5) is 8.78 Å². The van der Waals surface area contributed by atoms with Crippen LogP contribution in [-0.4, -0.2) is 63.2 Å². The second-order valence-corrected chi connectivity index (χ2v) is 10.6. The van der Waals surface area contributed by atoms with Crippen LogP contribution in [0.15, 0.2) is 53.2 Å². The summed E-state index contributed by atoms with van der Waals surface area (Å²) in [6, 6.07) is 8.93. The van der Waals surface area contributed by atoms with Gasteiger partial charge in [0.15, 0.2) is 11.5 Å². The molecule has 1 aromatic carbocycles. The molecule has 0 unspecified atom stereocenters. The zero-order valence-electron chi connectivity index (χ0n) is 22.2. The van der Waals surface area contributed by atoms with E-state index in [9.17, 15) is 23.5 Å². The van der Waals surface area contributed by atoms with Crippen molar-refractivity contribution in [1.29, 1.82) is 0 Å². The molecule has 2 aliphatic rings. The molecule has 9 nitrogen and oxygen atoms in total. The maximum absolute atomic E-state index is 14.2. The highest BCUT2D eigenvalue weighted by Crippen LogP contribution is 2.29. The fraction of sp³-hybridized carbons (Fsp3) is 0.448. The normalized spacial score (nSPS) is 24.3. The molecular formula is C29H33F2N5O4. The van der Waals surface area contributed by atoms with Gasteiger partial charge in [-0.15, -0.1) is 0 Å². The minimum absolute atomic E-state index is 0.0118. The monoisotopic (exact) mass is 553 g/mol. The number of nitrogens with zero attached hydrogens (tertiary/aromatic N) is 3. The van der Waals surface area contributed by atoms with Crippen molar-refractivity contribution in [3.05, 3.63) is 71.7 Å². The van der Waals surface area contributed by atoms with Crippen molar-refractivity contribution in [1.82, 2.24) is 25.7 Å². The Kier molecular flexibility index (Phi) is 8.51. The van der Waals surface area contributed by atoms with Gasteiger partial charge in [0.1, 0.15) is 11.6 Å². The molecule has 1 aliphatic carbocycles. The molecular weight excluding hydrogens is 520 g/mol. The zero-order valence-corrected chi connectivity index (χ0v) is 22.2. The third-order valence-corrected chi connectivity index (χ3v) is 7.89. The van der Waals surface area contributed by atoms with Crippen molar-refractivity contribution in [2.45, 2.75) is 63.3 Å². The molecule has 0 radical (unpaired) electrons. The number of piperidine rings is 1. The van der Waals surface area contributed by atoms with E-state index in [0.717, 1.165) is 43.5 Å². The van der Waals surface area contributed by atoms with E-state index >= 15 is 0 Å². The molecule has 3 N–H and O–H groups in total. The van der Waals surface area contributed by atoms with Crippen LogP contribution in [0.2, 0.25) is 0 Å². The van der Waals surface area contributed by atoms with Crippen molar-refractivity contribution >= 4 is 11.8 Å². The summed E-state index contributed by atoms with van der Waals surface area (Å²) in [7, 11) is 0. The van der Waals surface area contributed by atoms with E-state index in [1.165, 1.54) is 12.1 Å². The van der Waals surface area contributed by atoms with Gasteiger partial charge in [0.05, 0.1) is 29.3 Å². The number of hydrogen-bond acceptors (Lipinski definition) is 7. The Morgan fingerprint density at radius 2 is 1.95 bits per heavy atom. The summed E-state index contributed by atoms with van der Waals surface area (Å²) in [5.41, 5.74) is 0.618. The van der Waals surface area contributed by atoms with Gasteiger partial charge in [-0.25, -0.2) is 8.78 Å². The zero-order chi connectivity index (χ0) is 28.2. The fourth-order valence-electron chi connectivity index (χ4n) is 5.70. The van der Waals surface area contributed by atoms with Gasteiger partial charge in [-0.05, 0) is 50.5 Å². The predicted octanol–water partition coefficient (Wildman–Crippen LogP) is 3.62. The molecule has 5 atom stereocenters. The number of rotatable bonds is 7. The molecule has 0 bridgehead atoms. The van der Waals surface area contributed by atoms with Gasteiger partial charge in [0, 0.05) is 43.5 Å². The Bertz CT molecular complexity index is 1340. The van der Waals surface area contributed by atoms with Gasteiger partial charge in [-0.2, -0.15) is 0 Å². The largest absolute Gasteiger partial charge is 0.391 e. The van der Waals surface area contributed by atoms with E-state index in [-0.39, 0.29) is 35.0 Å². The summed E-state index contributed by atoms with van der Waals surface area (Å²) in [6.07, 6.45) is 5.31. The molecule has 212 valence electrons. The molecule has 11 heteroatoms. The molecule has 3 heterocycles. The Morgan fingerprint density at radius 3 is 2.70 bits per heavy atom. The number of aliphatic hydroxyl groups excluding tert-OH is 1. The van der Waals surface area contributed by atoms with Gasteiger partial charge < -0.3 is 20.3 Å². The number of aromatic nitrogens is 2. The van der Waals surface area contributed by atoms with Crippen molar-refractivity contribution < 1.29 is 28.0 Å². The number of halogens is 2. The first-order valence-electron chi connectivity index (χ1n) is 13.7. The average Bonchev–Trinajstić information content (AvgIpc) is 3.44. The fourth-order valence-corrected chi connectivity index (χ4v) is 5.70. The van der Waals surface area contributed by atoms with Crippen LogP contribution in [-0.2, 0) is 4.79 Å². The molecule has 1 saturated carbocycles. The molecule has 0 spiro atoms. The van der Waals surface area contributed by atoms with Crippen LogP contribution in [0.25, 0.3) is 11.3 Å². The molecule has 5 rings (SSSR count). The third-order valence-electron chi connectivity index (χ3n) is 7.89. The number of benzene rings is 1. The highest BCUT2D eigenvalue weighted by molar-refractivity contribution is 5.94. The van der Waals surface area contributed by atoms with Crippen LogP contribution >= 0.6 is 0 Å². The highest BCUT2D eigenvalue weighted by Gasteiger charge is 2.40. The first-order chi connectivity index (χ1) is 19.3. The van der Waals surface area contributed by atoms with Gasteiger partial charge in [-0.3, -0.25) is 19.5 Å². The van der Waals surface area contributed by atoms with Gasteiger partial charge in [-0.1, -0.05) is 24.1 Å². The van der Waals surface area contributed by atoms with E-state index in [1.807, 2.05) is 19.1 Å². The number of carbonyl (C=O) groups excluding carboxylic acids is 2. The van der Waals surface area contributed by atoms with E-state index in [2.05, 4.69) is 25.7 Å². The molecule has 2 aromatic heterocycles. The minimum Gasteiger partial charge on any atom is -0.391 e. The first-order valence-corrected chi connectivity index (χ1v) is 13.7. The van der Waals surface area contributed by atoms with Crippen molar-refractivity contribution in [3.8, 4) is 11.3 Å². The van der Waals surface area contributed by atoms with E-state index in [1.54, 1.807) is 12.3 Å². The Hall–Kier alpha value is -3.70. The molecule has 3 aromatic rings. The highest BCUT2D eigenvalue weighted by atomic mass is 19.1. The Labute approximate surface area is 231 Å². The van der Waals surface area contributed by atoms with Crippen LogP contribution < -0.4 is 10.6 Å². The number of carbonyl (C=O) groups is 2. The lowest BCUT2D eigenvalue weighted by molar-refractivity contribution is -0.129. The maximum Gasteiger partial charge on any atom is 0.273 e. The lowest BCUT2D eigenvalue weighted by atomic mass is 9.85. The molecule has 2 fully saturated rings. The van der Waals surface area contributed by atoms with Gasteiger partial charge >= 0.3 is 0 Å². The van der Waals surface area contributed by atoms with Gasteiger partial charge in [0.25, 0.3) is 5.91 Å². The molecule has 1 saturated heterocycles. The summed E-state index contributed by atoms with van der Waals surface area (Å²) >= 11 is 0. The number of hydrogen-bond donors (Lipinski definition) is 3. The lowest BCUT2D eigenvalue weighted by Gasteiger charge is -2.44. The van der Waals surface area contributed by atoms with Gasteiger partial charge in [0.2, 0.25) is 5.91 Å². The maximum atomic E-state index is 14.2. The second-order valence-electron chi connectivity index (χ2n) is 10.6. The SMILES string of the molecule is C[C@@H](NC(=O)[C@@H]1CN([C@@H]2CCCC[C@@H]2O)CC[C@H]1NC(=O)c1cc(-c2ccc(F)cc2F)on1)c1ccccn1. The molecule has 1 aliphatic heterocycles. The summed E-state index contributed by atoms with van der Waals surface area (Å²) in [6.45, 7) is 2.83. The molecule has 40 heavy (non-hydrogen) atoms. The Morgan fingerprint density at radius 1 is 1.12 bits per heavy atom. The first kappa shape index (κ1) is 27.9. The van der Waals surface area contributed by atoms with E-state index in [0.29, 0.717) is 19.5 Å². The number of aliphatic hydroxyl groups is 1. The number of pyridine rings is 1. The predicted molar refractivity (Wildman–Crippen MR) is 142 cm³/mol. The van der Waals surface area contributed by atoms with Crippen molar-refractivity contribution in [2.24, 2.45) is 5.92 Å².